The van der Waals surface area contributed by atoms with Crippen molar-refractivity contribution in [3.8, 4) is 11.5 Å². The first-order chi connectivity index (χ1) is 10.6. The topological polar surface area (TPSA) is 64.4 Å². The van der Waals surface area contributed by atoms with Gasteiger partial charge in [0.15, 0.2) is 5.69 Å². The van der Waals surface area contributed by atoms with E-state index in [1.807, 2.05) is 31.2 Å². The molecule has 5 heteroatoms. The zero-order valence-electron chi connectivity index (χ0n) is 12.9. The van der Waals surface area contributed by atoms with Gasteiger partial charge < -0.3 is 14.5 Å². The molecule has 0 radical (unpaired) electrons. The van der Waals surface area contributed by atoms with E-state index in [0.717, 1.165) is 30.6 Å². The number of carbonyl (C=O) groups excluding carboxylic acids is 1. The van der Waals surface area contributed by atoms with Gasteiger partial charge in [0.25, 0.3) is 5.91 Å². The Labute approximate surface area is 129 Å². The first-order valence-corrected chi connectivity index (χ1v) is 7.58. The highest BCUT2D eigenvalue weighted by Gasteiger charge is 2.21. The van der Waals surface area contributed by atoms with Gasteiger partial charge in [-0.1, -0.05) is 17.7 Å². The largest absolute Gasteiger partial charge is 0.441 e. The number of benzene rings is 1. The molecular weight excluding hydrogens is 280 g/mol. The number of carbonyl (C=O) groups is 1. The van der Waals surface area contributed by atoms with Gasteiger partial charge in [-0.3, -0.25) is 4.79 Å². The van der Waals surface area contributed by atoms with Crippen molar-refractivity contribution in [1.82, 2.24) is 10.3 Å². The van der Waals surface area contributed by atoms with Gasteiger partial charge in [0.1, 0.15) is 5.76 Å². The van der Waals surface area contributed by atoms with Gasteiger partial charge in [0, 0.05) is 18.7 Å². The maximum Gasteiger partial charge on any atom is 0.273 e. The van der Waals surface area contributed by atoms with Crippen LogP contribution in [-0.4, -0.2) is 30.1 Å². The zero-order valence-corrected chi connectivity index (χ0v) is 12.9. The van der Waals surface area contributed by atoms with Crippen molar-refractivity contribution in [2.75, 3.05) is 13.2 Å². The van der Waals surface area contributed by atoms with Gasteiger partial charge >= 0.3 is 0 Å². The van der Waals surface area contributed by atoms with Crippen molar-refractivity contribution in [3.05, 3.63) is 41.3 Å². The van der Waals surface area contributed by atoms with Crippen LogP contribution in [0.25, 0.3) is 11.5 Å². The number of nitrogens with one attached hydrogen (secondary N) is 1. The Bertz CT molecular complexity index is 672. The predicted molar refractivity (Wildman–Crippen MR) is 82.7 cm³/mol. The third kappa shape index (κ3) is 3.20. The molecule has 1 N–H and O–H groups in total. The Hall–Kier alpha value is -2.14. The van der Waals surface area contributed by atoms with E-state index >= 15 is 0 Å². The van der Waals surface area contributed by atoms with Crippen LogP contribution in [0, 0.1) is 13.8 Å². The van der Waals surface area contributed by atoms with Crippen LogP contribution < -0.4 is 5.32 Å². The molecule has 0 bridgehead atoms. The summed E-state index contributed by atoms with van der Waals surface area (Å²) in [4.78, 5) is 16.6. The second kappa shape index (κ2) is 6.32. The van der Waals surface area contributed by atoms with Gasteiger partial charge in [-0.05, 0) is 38.8 Å². The first kappa shape index (κ1) is 14.8. The summed E-state index contributed by atoms with van der Waals surface area (Å²) in [6, 6.07) is 7.86. The van der Waals surface area contributed by atoms with Crippen molar-refractivity contribution < 1.29 is 13.9 Å². The molecule has 3 rings (SSSR count). The Morgan fingerprint density at radius 2 is 2.27 bits per heavy atom. The lowest BCUT2D eigenvalue weighted by atomic mass is 10.1. The maximum absolute atomic E-state index is 12.2. The SMILES string of the molecule is Cc1cccc(-c2nc(C(=O)NCC3CCCO3)c(C)o2)c1. The van der Waals surface area contributed by atoms with E-state index in [1.165, 1.54) is 0 Å². The third-order valence-electron chi connectivity index (χ3n) is 3.79. The highest BCUT2D eigenvalue weighted by Crippen LogP contribution is 2.22. The summed E-state index contributed by atoms with van der Waals surface area (Å²) < 4.78 is 11.1. The Balaban J connectivity index is 1.72. The van der Waals surface area contributed by atoms with Crippen molar-refractivity contribution in [2.24, 2.45) is 0 Å². The smallest absolute Gasteiger partial charge is 0.273 e. The summed E-state index contributed by atoms with van der Waals surface area (Å²) in [5.41, 5.74) is 2.34. The van der Waals surface area contributed by atoms with Crippen molar-refractivity contribution >= 4 is 5.91 Å². The molecule has 0 aliphatic carbocycles. The molecule has 1 aliphatic rings. The number of aryl methyl sites for hydroxylation is 2. The van der Waals surface area contributed by atoms with Gasteiger partial charge in [-0.25, -0.2) is 4.98 Å². The maximum atomic E-state index is 12.2. The quantitative estimate of drug-likeness (QED) is 0.943. The second-order valence-electron chi connectivity index (χ2n) is 5.64. The molecule has 0 spiro atoms. The Morgan fingerprint density at radius 1 is 1.41 bits per heavy atom. The summed E-state index contributed by atoms with van der Waals surface area (Å²) in [6.07, 6.45) is 2.17. The van der Waals surface area contributed by atoms with E-state index in [0.29, 0.717) is 23.9 Å². The number of oxazole rings is 1. The van der Waals surface area contributed by atoms with Crippen LogP contribution in [0.2, 0.25) is 0 Å². The fourth-order valence-corrected chi connectivity index (χ4v) is 2.60. The number of hydrogen-bond acceptors (Lipinski definition) is 4. The minimum absolute atomic E-state index is 0.118. The average Bonchev–Trinajstić information content (AvgIpc) is 3.14. The molecule has 2 heterocycles. The monoisotopic (exact) mass is 300 g/mol. The van der Waals surface area contributed by atoms with Crippen LogP contribution in [0.4, 0.5) is 0 Å². The molecule has 5 nitrogen and oxygen atoms in total. The summed E-state index contributed by atoms with van der Waals surface area (Å²) in [6.45, 7) is 5.06. The Morgan fingerprint density at radius 3 is 3.00 bits per heavy atom. The van der Waals surface area contributed by atoms with E-state index in [4.69, 9.17) is 9.15 Å². The minimum atomic E-state index is -0.212. The van der Waals surface area contributed by atoms with E-state index in [1.54, 1.807) is 6.92 Å². The minimum Gasteiger partial charge on any atom is -0.441 e. The van der Waals surface area contributed by atoms with Gasteiger partial charge in [0.05, 0.1) is 6.10 Å². The second-order valence-corrected chi connectivity index (χ2v) is 5.64. The molecule has 22 heavy (non-hydrogen) atoms. The number of ether oxygens (including phenoxy) is 1. The Kier molecular flexibility index (Phi) is 4.24. The number of nitrogens with zero attached hydrogens (tertiary/aromatic N) is 1. The van der Waals surface area contributed by atoms with Crippen LogP contribution in [0.5, 0.6) is 0 Å². The molecule has 1 amide bonds. The normalized spacial score (nSPS) is 17.6. The fraction of sp³-hybridized carbons (Fsp3) is 0.412. The lowest BCUT2D eigenvalue weighted by Gasteiger charge is -2.09. The molecule has 1 fully saturated rings. The average molecular weight is 300 g/mol. The zero-order chi connectivity index (χ0) is 15.5. The molecule has 1 atom stereocenters. The molecule has 1 unspecified atom stereocenters. The van der Waals surface area contributed by atoms with Crippen LogP contribution >= 0.6 is 0 Å². The number of amides is 1. The van der Waals surface area contributed by atoms with E-state index in [2.05, 4.69) is 10.3 Å². The molecule has 1 aliphatic heterocycles. The number of hydrogen-bond donors (Lipinski definition) is 1. The third-order valence-corrected chi connectivity index (χ3v) is 3.79. The summed E-state index contributed by atoms with van der Waals surface area (Å²) in [7, 11) is 0. The summed E-state index contributed by atoms with van der Waals surface area (Å²) in [5, 5.41) is 2.87. The van der Waals surface area contributed by atoms with Gasteiger partial charge in [-0.2, -0.15) is 0 Å². The lowest BCUT2D eigenvalue weighted by molar-refractivity contribution is 0.0853. The van der Waals surface area contributed by atoms with Crippen molar-refractivity contribution in [3.63, 3.8) is 0 Å². The number of rotatable bonds is 4. The molecule has 0 saturated carbocycles. The van der Waals surface area contributed by atoms with Gasteiger partial charge in [-0.15, -0.1) is 0 Å². The summed E-state index contributed by atoms with van der Waals surface area (Å²) in [5.74, 6) is 0.792. The molecule has 116 valence electrons. The van der Waals surface area contributed by atoms with E-state index < -0.39 is 0 Å². The molecule has 1 saturated heterocycles. The van der Waals surface area contributed by atoms with Crippen LogP contribution in [-0.2, 0) is 4.74 Å². The van der Waals surface area contributed by atoms with E-state index in [9.17, 15) is 4.79 Å². The highest BCUT2D eigenvalue weighted by atomic mass is 16.5. The first-order valence-electron chi connectivity index (χ1n) is 7.58. The van der Waals surface area contributed by atoms with Crippen LogP contribution in [0.1, 0.15) is 34.7 Å². The fourth-order valence-electron chi connectivity index (χ4n) is 2.60. The summed E-state index contributed by atoms with van der Waals surface area (Å²) >= 11 is 0. The predicted octanol–water partition coefficient (Wildman–Crippen LogP) is 2.87. The highest BCUT2D eigenvalue weighted by molar-refractivity contribution is 5.93. The van der Waals surface area contributed by atoms with Crippen molar-refractivity contribution in [2.45, 2.75) is 32.8 Å². The molecule has 2 aromatic rings. The standard InChI is InChI=1S/C17H20N2O3/c1-11-5-3-6-13(9-11)17-19-15(12(2)22-17)16(20)18-10-14-7-4-8-21-14/h3,5-6,9,14H,4,7-8,10H2,1-2H3,(H,18,20). The van der Waals surface area contributed by atoms with Crippen LogP contribution in [0.3, 0.4) is 0 Å². The molecular formula is C17H20N2O3. The van der Waals surface area contributed by atoms with Gasteiger partial charge in [0.2, 0.25) is 5.89 Å². The van der Waals surface area contributed by atoms with Crippen molar-refractivity contribution in [1.29, 1.82) is 0 Å². The van der Waals surface area contributed by atoms with Crippen LogP contribution in [0.15, 0.2) is 28.7 Å². The number of aromatic nitrogens is 1. The lowest BCUT2D eigenvalue weighted by Crippen LogP contribution is -2.32. The molecule has 1 aromatic heterocycles. The van der Waals surface area contributed by atoms with E-state index in [-0.39, 0.29) is 12.0 Å². The molecule has 1 aromatic carbocycles.